The number of alkyl halides is 2. The topological polar surface area (TPSA) is 53.0 Å². The molecule has 3 rings (SSSR count). The molecule has 3 aliphatic rings. The molecule has 0 spiro atoms. The Morgan fingerprint density at radius 3 is 2.42 bits per heavy atom. The fourth-order valence-electron chi connectivity index (χ4n) is 6.01. The van der Waals surface area contributed by atoms with Gasteiger partial charge in [0.15, 0.2) is 0 Å². The highest BCUT2D eigenvalue weighted by Gasteiger charge is 2.39. The lowest BCUT2D eigenvalue weighted by molar-refractivity contribution is -0.138. The molecule has 3 atom stereocenters. The predicted molar refractivity (Wildman–Crippen MR) is 140 cm³/mol. The van der Waals surface area contributed by atoms with Gasteiger partial charge in [0.05, 0.1) is 12.7 Å². The number of carbonyl (C=O) groups is 1. The van der Waals surface area contributed by atoms with Gasteiger partial charge in [-0.2, -0.15) is 0 Å². The summed E-state index contributed by atoms with van der Waals surface area (Å²) in [4.78, 5) is 18.1. The van der Waals surface area contributed by atoms with Crippen LogP contribution in [0.3, 0.4) is 0 Å². The number of fused-ring (bicyclic) bond motifs is 1. The summed E-state index contributed by atoms with van der Waals surface area (Å²) in [5.74, 6) is -1.63. The summed E-state index contributed by atoms with van der Waals surface area (Å²) in [6.07, 6.45) is 4.64. The number of likely N-dealkylation sites (tertiary alicyclic amines) is 1. The van der Waals surface area contributed by atoms with Crippen LogP contribution in [0.2, 0.25) is 0 Å². The second kappa shape index (κ2) is 12.4. The van der Waals surface area contributed by atoms with Crippen LogP contribution < -0.4 is 0 Å². The summed E-state index contributed by atoms with van der Waals surface area (Å²) in [6, 6.07) is 0. The Kier molecular flexibility index (Phi) is 10.2. The molecular formula is C29H52F2N2O3. The third-order valence-corrected chi connectivity index (χ3v) is 8.89. The van der Waals surface area contributed by atoms with E-state index >= 15 is 0 Å². The highest BCUT2D eigenvalue weighted by atomic mass is 19.3. The van der Waals surface area contributed by atoms with E-state index in [1.165, 1.54) is 0 Å². The fourth-order valence-corrected chi connectivity index (χ4v) is 6.01. The quantitative estimate of drug-likeness (QED) is 0.530. The molecule has 1 N–H and O–H groups in total. The van der Waals surface area contributed by atoms with Crippen LogP contribution in [0.25, 0.3) is 0 Å². The number of aliphatic hydroxyl groups is 1. The largest absolute Gasteiger partial charge is 0.391 e. The Bertz CT molecular complexity index is 699. The van der Waals surface area contributed by atoms with Gasteiger partial charge in [-0.3, -0.25) is 4.79 Å². The van der Waals surface area contributed by atoms with Crippen LogP contribution in [0.4, 0.5) is 8.78 Å². The van der Waals surface area contributed by atoms with Gasteiger partial charge in [0.2, 0.25) is 11.8 Å². The molecule has 1 saturated carbocycles. The molecule has 0 aromatic carbocycles. The standard InChI is InChI=1S/C29H52F2N2O3/c1-27(2,3)13-15-32-14-10-23-17-26(35)33(18-22-8-11-29(30,31)12-9-22)20-25(34)28(4,5)21-36-16-6-7-24(23)19-32/h22-25,34H,6-21H2,1-5H3/t23-,24-,25-/m0/s1. The zero-order valence-electron chi connectivity index (χ0n) is 23.5. The number of carbonyl (C=O) groups excluding carboxylic acids is 1. The van der Waals surface area contributed by atoms with Gasteiger partial charge in [-0.1, -0.05) is 34.6 Å². The average molecular weight is 515 g/mol. The SMILES string of the molecule is CC(C)(C)CCN1CC[C@H]2CC(=O)N(CC3CCC(F)(F)CC3)C[C@H](O)C(C)(C)COCCC[C@H]2C1. The summed E-state index contributed by atoms with van der Waals surface area (Å²) in [5, 5.41) is 11.1. The Morgan fingerprint density at radius 2 is 1.75 bits per heavy atom. The highest BCUT2D eigenvalue weighted by molar-refractivity contribution is 5.76. The number of amides is 1. The second-order valence-electron chi connectivity index (χ2n) is 13.9. The van der Waals surface area contributed by atoms with E-state index in [0.717, 1.165) is 45.3 Å². The first-order chi connectivity index (χ1) is 16.7. The molecule has 2 saturated heterocycles. The normalized spacial score (nSPS) is 31.7. The van der Waals surface area contributed by atoms with Crippen LogP contribution in [0.1, 0.15) is 92.4 Å². The van der Waals surface area contributed by atoms with Crippen molar-refractivity contribution in [1.29, 1.82) is 0 Å². The summed E-state index contributed by atoms with van der Waals surface area (Å²) >= 11 is 0. The van der Waals surface area contributed by atoms with Crippen molar-refractivity contribution >= 4 is 5.91 Å². The van der Waals surface area contributed by atoms with Crippen molar-refractivity contribution in [2.45, 2.75) is 104 Å². The summed E-state index contributed by atoms with van der Waals surface area (Å²) in [7, 11) is 0. The second-order valence-corrected chi connectivity index (χ2v) is 13.9. The van der Waals surface area contributed by atoms with Crippen LogP contribution in [-0.4, -0.2) is 78.8 Å². The van der Waals surface area contributed by atoms with Crippen LogP contribution in [0.5, 0.6) is 0 Å². The molecule has 0 radical (unpaired) electrons. The molecule has 0 aromatic rings. The summed E-state index contributed by atoms with van der Waals surface area (Å²) in [5.41, 5.74) is -0.175. The molecule has 5 nitrogen and oxygen atoms in total. The number of ether oxygens (including phenoxy) is 1. The molecule has 7 heteroatoms. The molecule has 1 amide bonds. The van der Waals surface area contributed by atoms with Crippen molar-refractivity contribution in [1.82, 2.24) is 9.80 Å². The van der Waals surface area contributed by atoms with Gasteiger partial charge in [-0.25, -0.2) is 8.78 Å². The highest BCUT2D eigenvalue weighted by Crippen LogP contribution is 2.37. The molecule has 210 valence electrons. The molecule has 0 bridgehead atoms. The first-order valence-corrected chi connectivity index (χ1v) is 14.4. The number of halogens is 2. The lowest BCUT2D eigenvalue weighted by atomic mass is 9.79. The van der Waals surface area contributed by atoms with Gasteiger partial charge in [-0.15, -0.1) is 0 Å². The maximum absolute atomic E-state index is 13.7. The van der Waals surface area contributed by atoms with E-state index in [4.69, 9.17) is 4.74 Å². The van der Waals surface area contributed by atoms with Crippen molar-refractivity contribution in [2.75, 3.05) is 45.9 Å². The van der Waals surface area contributed by atoms with Gasteiger partial charge in [0.1, 0.15) is 0 Å². The Hall–Kier alpha value is -0.790. The van der Waals surface area contributed by atoms with Gasteiger partial charge >= 0.3 is 0 Å². The van der Waals surface area contributed by atoms with Crippen molar-refractivity contribution in [3.8, 4) is 0 Å². The van der Waals surface area contributed by atoms with E-state index in [-0.39, 0.29) is 31.2 Å². The van der Waals surface area contributed by atoms with Crippen molar-refractivity contribution in [2.24, 2.45) is 28.6 Å². The van der Waals surface area contributed by atoms with Crippen LogP contribution >= 0.6 is 0 Å². The zero-order chi connectivity index (χ0) is 26.6. The monoisotopic (exact) mass is 514 g/mol. The zero-order valence-corrected chi connectivity index (χ0v) is 23.5. The van der Waals surface area contributed by atoms with E-state index in [1.807, 2.05) is 18.7 Å². The maximum atomic E-state index is 13.7. The Labute approximate surface area is 218 Å². The number of β-amino-alcohol motifs (C(OH)–C–C–N with tert-alkyl or cyclic N) is 1. The number of piperidine rings is 1. The van der Waals surface area contributed by atoms with E-state index in [0.29, 0.717) is 56.3 Å². The molecule has 0 aromatic heterocycles. The molecule has 36 heavy (non-hydrogen) atoms. The van der Waals surface area contributed by atoms with E-state index < -0.39 is 17.4 Å². The summed E-state index contributed by atoms with van der Waals surface area (Å²) in [6.45, 7) is 15.8. The smallest absolute Gasteiger partial charge is 0.248 e. The van der Waals surface area contributed by atoms with Crippen molar-refractivity contribution in [3.05, 3.63) is 0 Å². The number of aliphatic hydroxyl groups excluding tert-OH is 1. The first-order valence-electron chi connectivity index (χ1n) is 14.4. The van der Waals surface area contributed by atoms with Gasteiger partial charge in [0.25, 0.3) is 0 Å². The Balaban J connectivity index is 1.71. The van der Waals surface area contributed by atoms with E-state index in [2.05, 4.69) is 25.7 Å². The van der Waals surface area contributed by atoms with E-state index in [1.54, 1.807) is 0 Å². The third kappa shape index (κ3) is 9.20. The molecule has 3 fully saturated rings. The van der Waals surface area contributed by atoms with Gasteiger partial charge in [-0.05, 0) is 74.8 Å². The predicted octanol–water partition coefficient (Wildman–Crippen LogP) is 5.60. The fraction of sp³-hybridized carbons (Fsp3) is 0.966. The maximum Gasteiger partial charge on any atom is 0.248 e. The van der Waals surface area contributed by atoms with Crippen LogP contribution in [0, 0.1) is 28.6 Å². The lowest BCUT2D eigenvalue weighted by Crippen LogP contribution is -2.48. The molecule has 2 heterocycles. The molecule has 1 aliphatic carbocycles. The third-order valence-electron chi connectivity index (χ3n) is 8.89. The van der Waals surface area contributed by atoms with Crippen LogP contribution in [0.15, 0.2) is 0 Å². The van der Waals surface area contributed by atoms with Gasteiger partial charge in [0, 0.05) is 50.9 Å². The summed E-state index contributed by atoms with van der Waals surface area (Å²) < 4.78 is 33.5. The van der Waals surface area contributed by atoms with Crippen molar-refractivity contribution < 1.29 is 23.4 Å². The number of rotatable bonds is 4. The molecule has 2 aliphatic heterocycles. The van der Waals surface area contributed by atoms with Crippen LogP contribution in [-0.2, 0) is 9.53 Å². The minimum Gasteiger partial charge on any atom is -0.391 e. The van der Waals surface area contributed by atoms with Gasteiger partial charge < -0.3 is 19.6 Å². The average Bonchev–Trinajstić information content (AvgIpc) is 2.78. The first kappa shape index (κ1) is 29.8. The lowest BCUT2D eigenvalue weighted by Gasteiger charge is -2.41. The number of nitrogens with zero attached hydrogens (tertiary/aromatic N) is 2. The number of hydrogen-bond donors (Lipinski definition) is 1. The minimum atomic E-state index is -2.58. The molecular weight excluding hydrogens is 462 g/mol. The van der Waals surface area contributed by atoms with Crippen molar-refractivity contribution in [3.63, 3.8) is 0 Å². The molecule has 0 unspecified atom stereocenters. The minimum absolute atomic E-state index is 0.0749. The van der Waals surface area contributed by atoms with E-state index in [9.17, 15) is 18.7 Å². The Morgan fingerprint density at radius 1 is 1.06 bits per heavy atom. The number of hydrogen-bond acceptors (Lipinski definition) is 4.